The maximum absolute atomic E-state index is 6.41. The third kappa shape index (κ3) is 2.52. The quantitative estimate of drug-likeness (QED) is 0.759. The van der Waals surface area contributed by atoms with E-state index in [0.29, 0.717) is 0 Å². The van der Waals surface area contributed by atoms with Gasteiger partial charge in [-0.25, -0.2) is 4.98 Å². The molecule has 0 aliphatic carbocycles. The number of H-pyrrole nitrogens is 1. The van der Waals surface area contributed by atoms with Gasteiger partial charge in [0.05, 0.1) is 11.1 Å². The van der Waals surface area contributed by atoms with Crippen LogP contribution in [0.15, 0.2) is 36.7 Å². The molecule has 1 unspecified atom stereocenters. The molecule has 0 spiro atoms. The van der Waals surface area contributed by atoms with E-state index in [-0.39, 0.29) is 6.04 Å². The number of nitrogens with zero attached hydrogens (tertiary/aromatic N) is 1. The molecule has 0 bridgehead atoms. The average Bonchev–Trinajstić information content (AvgIpc) is 3.05. The van der Waals surface area contributed by atoms with Crippen LogP contribution >= 0.6 is 22.9 Å². The van der Waals surface area contributed by atoms with Crippen LogP contribution in [0.3, 0.4) is 0 Å². The molecule has 1 aromatic carbocycles. The van der Waals surface area contributed by atoms with E-state index in [9.17, 15) is 0 Å². The fourth-order valence-corrected chi connectivity index (χ4v) is 3.49. The van der Waals surface area contributed by atoms with E-state index in [4.69, 9.17) is 11.6 Å². The van der Waals surface area contributed by atoms with Gasteiger partial charge < -0.3 is 10.3 Å². The summed E-state index contributed by atoms with van der Waals surface area (Å²) < 4.78 is 1.23. The number of aromatic nitrogens is 2. The molecule has 2 aromatic heterocycles. The molecule has 0 fully saturated rings. The lowest BCUT2D eigenvalue weighted by Gasteiger charge is -2.10. The highest BCUT2D eigenvalue weighted by Crippen LogP contribution is 2.35. The van der Waals surface area contributed by atoms with Gasteiger partial charge in [-0.2, -0.15) is 0 Å². The van der Waals surface area contributed by atoms with E-state index >= 15 is 0 Å². The number of fused-ring (bicyclic) bond motifs is 1. The Morgan fingerprint density at radius 3 is 3.00 bits per heavy atom. The lowest BCUT2D eigenvalue weighted by molar-refractivity contribution is 0.554. The zero-order valence-corrected chi connectivity index (χ0v) is 12.1. The molecule has 19 heavy (non-hydrogen) atoms. The molecule has 98 valence electrons. The highest BCUT2D eigenvalue weighted by Gasteiger charge is 2.12. The Morgan fingerprint density at radius 1 is 1.42 bits per heavy atom. The van der Waals surface area contributed by atoms with Crippen LogP contribution in [0.2, 0.25) is 5.02 Å². The van der Waals surface area contributed by atoms with Gasteiger partial charge in [0.2, 0.25) is 0 Å². The van der Waals surface area contributed by atoms with Crippen LogP contribution in [-0.4, -0.2) is 9.97 Å². The topological polar surface area (TPSA) is 40.7 Å². The fraction of sp³-hybridized carbons (Fsp3) is 0.214. The predicted octanol–water partition coefficient (Wildman–Crippen LogP) is 4.13. The summed E-state index contributed by atoms with van der Waals surface area (Å²) in [6, 6.07) is 8.40. The van der Waals surface area contributed by atoms with Crippen LogP contribution in [0.4, 0.5) is 0 Å². The van der Waals surface area contributed by atoms with Crippen LogP contribution < -0.4 is 5.32 Å². The number of benzene rings is 1. The number of aromatic amines is 1. The van der Waals surface area contributed by atoms with Crippen LogP contribution in [0.5, 0.6) is 0 Å². The first-order valence-corrected chi connectivity index (χ1v) is 7.33. The number of rotatable bonds is 4. The first kappa shape index (κ1) is 12.7. The summed E-state index contributed by atoms with van der Waals surface area (Å²) in [4.78, 5) is 8.53. The lowest BCUT2D eigenvalue weighted by Crippen LogP contribution is -2.18. The summed E-state index contributed by atoms with van der Waals surface area (Å²) >= 11 is 8.15. The van der Waals surface area contributed by atoms with Crippen molar-refractivity contribution in [1.82, 2.24) is 15.3 Å². The second-order valence-electron chi connectivity index (χ2n) is 4.41. The van der Waals surface area contributed by atoms with Crippen LogP contribution in [-0.2, 0) is 6.54 Å². The van der Waals surface area contributed by atoms with Gasteiger partial charge in [0.15, 0.2) is 0 Å². The molecule has 3 rings (SSSR count). The Bertz CT molecular complexity index is 675. The SMILES string of the molecule is CC(NCc1sc2ccccc2c1Cl)c1ncc[nH]1. The van der Waals surface area contributed by atoms with E-state index in [2.05, 4.69) is 34.3 Å². The molecule has 3 aromatic rings. The van der Waals surface area contributed by atoms with Gasteiger partial charge in [0, 0.05) is 33.9 Å². The number of imidazole rings is 1. The molecule has 3 nitrogen and oxygen atoms in total. The number of thiophene rings is 1. The fourth-order valence-electron chi connectivity index (χ4n) is 2.04. The highest BCUT2D eigenvalue weighted by atomic mass is 35.5. The van der Waals surface area contributed by atoms with E-state index in [1.54, 1.807) is 17.5 Å². The minimum absolute atomic E-state index is 0.177. The largest absolute Gasteiger partial charge is 0.347 e. The third-order valence-corrected chi connectivity index (χ3v) is 4.81. The third-order valence-electron chi connectivity index (χ3n) is 3.10. The number of hydrogen-bond donors (Lipinski definition) is 2. The molecule has 0 radical (unpaired) electrons. The van der Waals surface area contributed by atoms with Crippen molar-refractivity contribution in [3.8, 4) is 0 Å². The molecule has 0 aliphatic heterocycles. The first-order chi connectivity index (χ1) is 9.25. The van der Waals surface area contributed by atoms with Crippen molar-refractivity contribution < 1.29 is 0 Å². The Balaban J connectivity index is 1.77. The van der Waals surface area contributed by atoms with Crippen molar-refractivity contribution in [3.63, 3.8) is 0 Å². The molecule has 0 aliphatic rings. The monoisotopic (exact) mass is 291 g/mol. The van der Waals surface area contributed by atoms with Crippen molar-refractivity contribution >= 4 is 33.0 Å². The van der Waals surface area contributed by atoms with Gasteiger partial charge >= 0.3 is 0 Å². The minimum atomic E-state index is 0.177. The Hall–Kier alpha value is -1.36. The summed E-state index contributed by atoms with van der Waals surface area (Å²) in [6.45, 7) is 2.83. The molecule has 0 saturated heterocycles. The normalized spacial score (nSPS) is 12.9. The standard InChI is InChI=1S/C14H14ClN3S/c1-9(14-16-6-7-17-14)18-8-12-13(15)10-4-2-3-5-11(10)19-12/h2-7,9,18H,8H2,1H3,(H,16,17). The molecule has 2 N–H and O–H groups in total. The van der Waals surface area contributed by atoms with Crippen molar-refractivity contribution in [3.05, 3.63) is 52.4 Å². The zero-order chi connectivity index (χ0) is 13.2. The molecule has 0 saturated carbocycles. The van der Waals surface area contributed by atoms with Gasteiger partial charge in [-0.1, -0.05) is 29.8 Å². The van der Waals surface area contributed by atoms with Gasteiger partial charge in [-0.05, 0) is 13.0 Å². The van der Waals surface area contributed by atoms with E-state index in [1.807, 2.05) is 18.3 Å². The minimum Gasteiger partial charge on any atom is -0.347 e. The number of halogens is 1. The van der Waals surface area contributed by atoms with Crippen molar-refractivity contribution in [2.75, 3.05) is 0 Å². The Labute approximate surface area is 120 Å². The molecular weight excluding hydrogens is 278 g/mol. The molecule has 1 atom stereocenters. The average molecular weight is 292 g/mol. The van der Waals surface area contributed by atoms with Crippen molar-refractivity contribution in [1.29, 1.82) is 0 Å². The Morgan fingerprint density at radius 2 is 2.26 bits per heavy atom. The summed E-state index contributed by atoms with van der Waals surface area (Å²) in [5.74, 6) is 0.942. The second-order valence-corrected chi connectivity index (χ2v) is 5.93. The maximum atomic E-state index is 6.41. The zero-order valence-electron chi connectivity index (χ0n) is 10.5. The van der Waals surface area contributed by atoms with Crippen LogP contribution in [0.1, 0.15) is 23.7 Å². The summed E-state index contributed by atoms with van der Waals surface area (Å²) in [7, 11) is 0. The second kappa shape index (κ2) is 5.33. The maximum Gasteiger partial charge on any atom is 0.122 e. The van der Waals surface area contributed by atoms with Crippen molar-refractivity contribution in [2.24, 2.45) is 0 Å². The number of hydrogen-bond acceptors (Lipinski definition) is 3. The summed E-state index contributed by atoms with van der Waals surface area (Å²) in [5.41, 5.74) is 0. The van der Waals surface area contributed by atoms with E-state index < -0.39 is 0 Å². The van der Waals surface area contributed by atoms with Crippen LogP contribution in [0, 0.1) is 0 Å². The van der Waals surface area contributed by atoms with Crippen LogP contribution in [0.25, 0.3) is 10.1 Å². The van der Waals surface area contributed by atoms with Crippen molar-refractivity contribution in [2.45, 2.75) is 19.5 Å². The molecule has 0 amide bonds. The summed E-state index contributed by atoms with van der Waals surface area (Å²) in [6.07, 6.45) is 3.60. The lowest BCUT2D eigenvalue weighted by atomic mass is 10.2. The first-order valence-electron chi connectivity index (χ1n) is 6.14. The number of nitrogens with one attached hydrogen (secondary N) is 2. The van der Waals surface area contributed by atoms with E-state index in [0.717, 1.165) is 22.8 Å². The van der Waals surface area contributed by atoms with Gasteiger partial charge in [-0.3, -0.25) is 0 Å². The smallest absolute Gasteiger partial charge is 0.122 e. The van der Waals surface area contributed by atoms with Gasteiger partial charge in [0.1, 0.15) is 5.82 Å². The molecule has 2 heterocycles. The summed E-state index contributed by atoms with van der Waals surface area (Å²) in [5, 5.41) is 5.43. The van der Waals surface area contributed by atoms with Gasteiger partial charge in [-0.15, -0.1) is 11.3 Å². The Kier molecular flexibility index (Phi) is 3.55. The van der Waals surface area contributed by atoms with E-state index in [1.165, 1.54) is 9.58 Å². The highest BCUT2D eigenvalue weighted by molar-refractivity contribution is 7.19. The molecular formula is C14H14ClN3S. The van der Waals surface area contributed by atoms with Gasteiger partial charge in [0.25, 0.3) is 0 Å². The predicted molar refractivity (Wildman–Crippen MR) is 80.7 cm³/mol. The molecule has 5 heteroatoms.